The zero-order chi connectivity index (χ0) is 18.4. The Morgan fingerprint density at radius 3 is 2.85 bits per heavy atom. The van der Waals surface area contributed by atoms with Crippen molar-refractivity contribution in [3.8, 4) is 5.75 Å². The summed E-state index contributed by atoms with van der Waals surface area (Å²) in [6.07, 6.45) is 2.60. The van der Waals surface area contributed by atoms with Gasteiger partial charge in [0.15, 0.2) is 6.61 Å². The Balaban J connectivity index is 1.38. The van der Waals surface area contributed by atoms with E-state index in [1.165, 1.54) is 6.26 Å². The highest BCUT2D eigenvalue weighted by molar-refractivity contribution is 5.94. The number of aryl methyl sites for hydroxylation is 1. The number of nitrogens with one attached hydrogen (secondary N) is 3. The zero-order valence-electron chi connectivity index (χ0n) is 14.0. The van der Waals surface area contributed by atoms with E-state index in [0.717, 1.165) is 11.3 Å². The summed E-state index contributed by atoms with van der Waals surface area (Å²) in [6.45, 7) is -0.0698. The molecule has 0 saturated carbocycles. The highest BCUT2D eigenvalue weighted by Gasteiger charge is 2.15. The predicted molar refractivity (Wildman–Crippen MR) is 92.5 cm³/mol. The van der Waals surface area contributed by atoms with E-state index >= 15 is 0 Å². The zero-order valence-corrected chi connectivity index (χ0v) is 14.0. The fraction of sp³-hybridized carbons (Fsp3) is 0.278. The van der Waals surface area contributed by atoms with Gasteiger partial charge in [-0.3, -0.25) is 14.4 Å². The number of rotatable bonds is 7. The van der Waals surface area contributed by atoms with Crippen LogP contribution in [0.15, 0.2) is 41.0 Å². The molecule has 0 aliphatic carbocycles. The molecule has 0 fully saturated rings. The van der Waals surface area contributed by atoms with E-state index in [1.807, 2.05) is 0 Å². The molecule has 3 rings (SSSR count). The number of hydrogen-bond acceptors (Lipinski definition) is 5. The van der Waals surface area contributed by atoms with Crippen LogP contribution in [-0.2, 0) is 27.3 Å². The highest BCUT2D eigenvalue weighted by atomic mass is 16.5. The fourth-order valence-electron chi connectivity index (χ4n) is 2.49. The first-order valence-electron chi connectivity index (χ1n) is 8.21. The third-order valence-electron chi connectivity index (χ3n) is 3.83. The molecule has 1 aliphatic rings. The van der Waals surface area contributed by atoms with E-state index in [4.69, 9.17) is 9.15 Å². The number of amides is 3. The van der Waals surface area contributed by atoms with Crippen molar-refractivity contribution in [3.05, 3.63) is 47.9 Å². The fourth-order valence-corrected chi connectivity index (χ4v) is 2.49. The second kappa shape index (κ2) is 8.19. The van der Waals surface area contributed by atoms with E-state index in [-0.39, 0.29) is 31.5 Å². The SMILES string of the molecule is O=C(CNC(=O)COc1ccc2c(c1)CCC(=O)N2)NCc1ccco1. The summed E-state index contributed by atoms with van der Waals surface area (Å²) in [5.74, 6) is 0.452. The monoisotopic (exact) mass is 357 g/mol. The molecule has 3 N–H and O–H groups in total. The first-order chi connectivity index (χ1) is 12.6. The molecule has 0 unspecified atom stereocenters. The van der Waals surface area contributed by atoms with Crippen LogP contribution in [0.2, 0.25) is 0 Å². The first-order valence-corrected chi connectivity index (χ1v) is 8.21. The smallest absolute Gasteiger partial charge is 0.258 e. The van der Waals surface area contributed by atoms with Gasteiger partial charge in [0.05, 0.1) is 19.4 Å². The topological polar surface area (TPSA) is 110 Å². The molecule has 0 spiro atoms. The molecule has 0 radical (unpaired) electrons. The number of fused-ring (bicyclic) bond motifs is 1. The third-order valence-corrected chi connectivity index (χ3v) is 3.83. The van der Waals surface area contributed by atoms with Crippen LogP contribution in [0.1, 0.15) is 17.7 Å². The molecule has 8 nitrogen and oxygen atoms in total. The van der Waals surface area contributed by atoms with Gasteiger partial charge < -0.3 is 25.1 Å². The van der Waals surface area contributed by atoms with Crippen LogP contribution < -0.4 is 20.7 Å². The average molecular weight is 357 g/mol. The Hall–Kier alpha value is -3.29. The molecular formula is C18H19N3O5. The Labute approximate surface area is 149 Å². The molecule has 1 aliphatic heterocycles. The van der Waals surface area contributed by atoms with Crippen LogP contribution in [0, 0.1) is 0 Å². The minimum absolute atomic E-state index is 0.00382. The molecule has 0 saturated heterocycles. The van der Waals surface area contributed by atoms with E-state index in [9.17, 15) is 14.4 Å². The maximum atomic E-state index is 11.8. The highest BCUT2D eigenvalue weighted by Crippen LogP contribution is 2.26. The van der Waals surface area contributed by atoms with Crippen molar-refractivity contribution in [2.24, 2.45) is 0 Å². The van der Waals surface area contributed by atoms with Crippen LogP contribution in [0.3, 0.4) is 0 Å². The van der Waals surface area contributed by atoms with Crippen molar-refractivity contribution < 1.29 is 23.5 Å². The van der Waals surface area contributed by atoms with Gasteiger partial charge in [0.1, 0.15) is 11.5 Å². The lowest BCUT2D eigenvalue weighted by Gasteiger charge is -2.17. The summed E-state index contributed by atoms with van der Waals surface area (Å²) in [7, 11) is 0. The van der Waals surface area contributed by atoms with Crippen molar-refractivity contribution >= 4 is 23.4 Å². The number of anilines is 1. The van der Waals surface area contributed by atoms with Gasteiger partial charge in [-0.1, -0.05) is 0 Å². The Bertz CT molecular complexity index is 801. The molecule has 136 valence electrons. The molecule has 2 heterocycles. The molecule has 0 atom stereocenters. The molecule has 3 amide bonds. The summed E-state index contributed by atoms with van der Waals surface area (Å²) in [4.78, 5) is 34.8. The van der Waals surface area contributed by atoms with Crippen LogP contribution >= 0.6 is 0 Å². The molecule has 26 heavy (non-hydrogen) atoms. The maximum Gasteiger partial charge on any atom is 0.258 e. The Morgan fingerprint density at radius 1 is 1.15 bits per heavy atom. The summed E-state index contributed by atoms with van der Waals surface area (Å²) in [5, 5.41) is 7.90. The predicted octanol–water partition coefficient (Wildman–Crippen LogP) is 0.976. The number of benzene rings is 1. The standard InChI is InChI=1S/C18H19N3O5/c22-16-6-3-12-8-13(4-5-15(12)21-16)26-11-18(24)20-10-17(23)19-9-14-2-1-7-25-14/h1-2,4-5,7-8H,3,6,9-11H2,(H,19,23)(H,20,24)(H,21,22). The van der Waals surface area contributed by atoms with Crippen molar-refractivity contribution in [1.82, 2.24) is 10.6 Å². The van der Waals surface area contributed by atoms with Gasteiger partial charge in [0.2, 0.25) is 11.8 Å². The molecular weight excluding hydrogens is 338 g/mol. The maximum absolute atomic E-state index is 11.8. The third kappa shape index (κ3) is 4.85. The second-order valence-corrected chi connectivity index (χ2v) is 5.79. The van der Waals surface area contributed by atoms with Crippen molar-refractivity contribution in [1.29, 1.82) is 0 Å². The second-order valence-electron chi connectivity index (χ2n) is 5.79. The molecule has 8 heteroatoms. The lowest BCUT2D eigenvalue weighted by Crippen LogP contribution is -2.38. The van der Waals surface area contributed by atoms with E-state index in [1.54, 1.807) is 30.3 Å². The first kappa shape index (κ1) is 17.5. The lowest BCUT2D eigenvalue weighted by molar-refractivity contribution is -0.127. The number of ether oxygens (including phenoxy) is 1. The quantitative estimate of drug-likeness (QED) is 0.684. The Morgan fingerprint density at radius 2 is 2.04 bits per heavy atom. The van der Waals surface area contributed by atoms with E-state index in [2.05, 4.69) is 16.0 Å². The number of carbonyl (C=O) groups excluding carboxylic acids is 3. The average Bonchev–Trinajstić information content (AvgIpc) is 3.16. The summed E-state index contributed by atoms with van der Waals surface area (Å²) in [6, 6.07) is 8.72. The number of hydrogen-bond donors (Lipinski definition) is 3. The molecule has 0 bridgehead atoms. The largest absolute Gasteiger partial charge is 0.484 e. The molecule has 1 aromatic heterocycles. The van der Waals surface area contributed by atoms with Crippen LogP contribution in [-0.4, -0.2) is 30.9 Å². The van der Waals surface area contributed by atoms with Gasteiger partial charge in [-0.05, 0) is 42.3 Å². The summed E-state index contributed by atoms with van der Waals surface area (Å²) >= 11 is 0. The van der Waals surface area contributed by atoms with Gasteiger partial charge in [-0.25, -0.2) is 0 Å². The summed E-state index contributed by atoms with van der Waals surface area (Å²) < 4.78 is 10.5. The normalized spacial score (nSPS) is 12.7. The van der Waals surface area contributed by atoms with E-state index in [0.29, 0.717) is 24.4 Å². The van der Waals surface area contributed by atoms with Crippen molar-refractivity contribution in [2.75, 3.05) is 18.5 Å². The van der Waals surface area contributed by atoms with Crippen molar-refractivity contribution in [2.45, 2.75) is 19.4 Å². The van der Waals surface area contributed by atoms with Crippen molar-refractivity contribution in [3.63, 3.8) is 0 Å². The molecule has 2 aromatic rings. The van der Waals surface area contributed by atoms with Gasteiger partial charge in [-0.15, -0.1) is 0 Å². The van der Waals surface area contributed by atoms with Crippen LogP contribution in [0.25, 0.3) is 0 Å². The minimum atomic E-state index is -0.399. The number of carbonyl (C=O) groups is 3. The summed E-state index contributed by atoms with van der Waals surface area (Å²) in [5.41, 5.74) is 1.74. The van der Waals surface area contributed by atoms with Gasteiger partial charge in [0.25, 0.3) is 5.91 Å². The molecule has 1 aromatic carbocycles. The van der Waals surface area contributed by atoms with Gasteiger partial charge in [-0.2, -0.15) is 0 Å². The minimum Gasteiger partial charge on any atom is -0.484 e. The van der Waals surface area contributed by atoms with Gasteiger partial charge >= 0.3 is 0 Å². The number of furan rings is 1. The van der Waals surface area contributed by atoms with Crippen LogP contribution in [0.5, 0.6) is 5.75 Å². The van der Waals surface area contributed by atoms with Crippen LogP contribution in [0.4, 0.5) is 5.69 Å². The Kier molecular flexibility index (Phi) is 5.52. The lowest BCUT2D eigenvalue weighted by atomic mass is 10.0. The van der Waals surface area contributed by atoms with E-state index < -0.39 is 5.91 Å². The van der Waals surface area contributed by atoms with Gasteiger partial charge in [0, 0.05) is 12.1 Å².